The average Bonchev–Trinajstić information content (AvgIpc) is 2.57. The highest BCUT2D eigenvalue weighted by Gasteiger charge is 2.82. The standard InChI is InChI=1S/C12H20O4/c1-4-16-10(13)9-11(7-5-6-8-11)12(9,14-2)15-3/h9H,4-8H2,1-3H3. The number of esters is 1. The second-order valence-corrected chi connectivity index (χ2v) is 4.62. The normalized spacial score (nSPS) is 29.3. The quantitative estimate of drug-likeness (QED) is 0.543. The molecule has 2 saturated carbocycles. The first-order chi connectivity index (χ1) is 7.68. The Morgan fingerprint density at radius 3 is 2.25 bits per heavy atom. The summed E-state index contributed by atoms with van der Waals surface area (Å²) >= 11 is 0. The van der Waals surface area contributed by atoms with E-state index in [1.165, 1.54) is 0 Å². The predicted molar refractivity (Wildman–Crippen MR) is 57.8 cm³/mol. The van der Waals surface area contributed by atoms with E-state index in [0.29, 0.717) is 6.61 Å². The molecule has 2 fully saturated rings. The fraction of sp³-hybridized carbons (Fsp3) is 0.917. The van der Waals surface area contributed by atoms with Gasteiger partial charge in [0.2, 0.25) is 0 Å². The Bertz CT molecular complexity index is 273. The molecule has 1 atom stereocenters. The molecule has 0 aromatic carbocycles. The highest BCUT2D eigenvalue weighted by atomic mass is 16.7. The number of methoxy groups -OCH3 is 2. The van der Waals surface area contributed by atoms with Crippen molar-refractivity contribution in [1.82, 2.24) is 0 Å². The smallest absolute Gasteiger partial charge is 0.315 e. The van der Waals surface area contributed by atoms with Gasteiger partial charge in [0.15, 0.2) is 5.79 Å². The molecular formula is C12H20O4. The minimum Gasteiger partial charge on any atom is -0.466 e. The summed E-state index contributed by atoms with van der Waals surface area (Å²) in [6.45, 7) is 2.23. The molecule has 4 heteroatoms. The molecular weight excluding hydrogens is 208 g/mol. The molecule has 0 bridgehead atoms. The Morgan fingerprint density at radius 1 is 1.25 bits per heavy atom. The van der Waals surface area contributed by atoms with Crippen LogP contribution in [0.5, 0.6) is 0 Å². The number of hydrogen-bond acceptors (Lipinski definition) is 4. The monoisotopic (exact) mass is 228 g/mol. The number of carbonyl (C=O) groups excluding carboxylic acids is 1. The third kappa shape index (κ3) is 1.26. The highest BCUT2D eigenvalue weighted by Crippen LogP contribution is 2.72. The highest BCUT2D eigenvalue weighted by molar-refractivity contribution is 5.80. The maximum atomic E-state index is 11.9. The zero-order valence-corrected chi connectivity index (χ0v) is 10.2. The number of rotatable bonds is 4. The Balaban J connectivity index is 2.21. The third-order valence-electron chi connectivity index (χ3n) is 4.17. The molecule has 2 aliphatic carbocycles. The lowest BCUT2D eigenvalue weighted by Crippen LogP contribution is -2.25. The first-order valence-electron chi connectivity index (χ1n) is 5.95. The Kier molecular flexibility index (Phi) is 2.97. The molecule has 0 heterocycles. The molecule has 0 N–H and O–H groups in total. The number of ether oxygens (including phenoxy) is 3. The van der Waals surface area contributed by atoms with Gasteiger partial charge in [-0.3, -0.25) is 4.79 Å². The van der Waals surface area contributed by atoms with Crippen LogP contribution in [0.15, 0.2) is 0 Å². The van der Waals surface area contributed by atoms with Gasteiger partial charge in [-0.1, -0.05) is 12.8 Å². The SMILES string of the molecule is CCOC(=O)C1C2(CCCC2)C1(OC)OC. The van der Waals surface area contributed by atoms with Crippen LogP contribution in [-0.2, 0) is 19.0 Å². The van der Waals surface area contributed by atoms with Gasteiger partial charge in [0.1, 0.15) is 5.92 Å². The van der Waals surface area contributed by atoms with Crippen molar-refractivity contribution >= 4 is 5.97 Å². The van der Waals surface area contributed by atoms with E-state index in [1.807, 2.05) is 6.92 Å². The first-order valence-corrected chi connectivity index (χ1v) is 5.95. The van der Waals surface area contributed by atoms with Crippen molar-refractivity contribution in [3.63, 3.8) is 0 Å². The second-order valence-electron chi connectivity index (χ2n) is 4.62. The molecule has 0 aromatic rings. The minimum atomic E-state index is -0.726. The van der Waals surface area contributed by atoms with Gasteiger partial charge in [-0.2, -0.15) is 0 Å². The summed E-state index contributed by atoms with van der Waals surface area (Å²) in [7, 11) is 3.23. The summed E-state index contributed by atoms with van der Waals surface area (Å²) in [5, 5.41) is 0. The Morgan fingerprint density at radius 2 is 1.81 bits per heavy atom. The molecule has 4 nitrogen and oxygen atoms in total. The molecule has 0 amide bonds. The van der Waals surface area contributed by atoms with Crippen LogP contribution in [0.3, 0.4) is 0 Å². The first kappa shape index (κ1) is 11.9. The van der Waals surface area contributed by atoms with Gasteiger partial charge in [-0.15, -0.1) is 0 Å². The van der Waals surface area contributed by atoms with E-state index in [1.54, 1.807) is 14.2 Å². The number of hydrogen-bond donors (Lipinski definition) is 0. The molecule has 0 radical (unpaired) electrons. The topological polar surface area (TPSA) is 44.8 Å². The van der Waals surface area contributed by atoms with E-state index < -0.39 is 5.79 Å². The van der Waals surface area contributed by atoms with Gasteiger partial charge in [-0.25, -0.2) is 0 Å². The fourth-order valence-electron chi connectivity index (χ4n) is 3.51. The molecule has 1 spiro atoms. The molecule has 0 aliphatic heterocycles. The van der Waals surface area contributed by atoms with E-state index in [4.69, 9.17) is 14.2 Å². The van der Waals surface area contributed by atoms with Gasteiger partial charge in [0.05, 0.1) is 6.61 Å². The molecule has 0 saturated heterocycles. The van der Waals surface area contributed by atoms with E-state index >= 15 is 0 Å². The van der Waals surface area contributed by atoms with E-state index in [2.05, 4.69) is 0 Å². The Hall–Kier alpha value is -0.610. The van der Waals surface area contributed by atoms with Gasteiger partial charge >= 0.3 is 5.97 Å². The van der Waals surface area contributed by atoms with Crippen molar-refractivity contribution in [2.45, 2.75) is 38.4 Å². The van der Waals surface area contributed by atoms with Gasteiger partial charge in [0.25, 0.3) is 0 Å². The lowest BCUT2D eigenvalue weighted by atomic mass is 10.0. The van der Waals surface area contributed by atoms with Crippen molar-refractivity contribution in [2.24, 2.45) is 11.3 Å². The van der Waals surface area contributed by atoms with Crippen LogP contribution >= 0.6 is 0 Å². The molecule has 2 aliphatic rings. The molecule has 0 aromatic heterocycles. The predicted octanol–water partition coefficient (Wildman–Crippen LogP) is 1.73. The summed E-state index contributed by atoms with van der Waals surface area (Å²) in [6.07, 6.45) is 4.28. The zero-order chi connectivity index (χ0) is 11.8. The van der Waals surface area contributed by atoms with Crippen molar-refractivity contribution in [1.29, 1.82) is 0 Å². The Labute approximate surface area is 96.2 Å². The van der Waals surface area contributed by atoms with Crippen molar-refractivity contribution < 1.29 is 19.0 Å². The summed E-state index contributed by atoms with van der Waals surface area (Å²) in [5.41, 5.74) is -0.122. The number of carbonyl (C=O) groups is 1. The summed E-state index contributed by atoms with van der Waals surface area (Å²) in [4.78, 5) is 11.9. The van der Waals surface area contributed by atoms with Crippen LogP contribution in [0.4, 0.5) is 0 Å². The minimum absolute atomic E-state index is 0.122. The lowest BCUT2D eigenvalue weighted by molar-refractivity contribution is -0.173. The molecule has 92 valence electrons. The van der Waals surface area contributed by atoms with Gasteiger partial charge < -0.3 is 14.2 Å². The molecule has 2 rings (SSSR count). The maximum Gasteiger partial charge on any atom is 0.315 e. The van der Waals surface area contributed by atoms with Crippen LogP contribution in [-0.4, -0.2) is 32.6 Å². The second kappa shape index (κ2) is 4.00. The van der Waals surface area contributed by atoms with Crippen molar-refractivity contribution in [3.05, 3.63) is 0 Å². The lowest BCUT2D eigenvalue weighted by Gasteiger charge is -2.18. The maximum absolute atomic E-state index is 11.9. The van der Waals surface area contributed by atoms with Gasteiger partial charge in [-0.05, 0) is 19.8 Å². The molecule has 16 heavy (non-hydrogen) atoms. The third-order valence-corrected chi connectivity index (χ3v) is 4.17. The summed E-state index contributed by atoms with van der Waals surface area (Å²) < 4.78 is 16.1. The van der Waals surface area contributed by atoms with Crippen molar-refractivity contribution in [3.8, 4) is 0 Å². The fourth-order valence-corrected chi connectivity index (χ4v) is 3.51. The van der Waals surface area contributed by atoms with Crippen LogP contribution in [0.1, 0.15) is 32.6 Å². The van der Waals surface area contributed by atoms with Crippen LogP contribution < -0.4 is 0 Å². The van der Waals surface area contributed by atoms with E-state index in [0.717, 1.165) is 25.7 Å². The van der Waals surface area contributed by atoms with Crippen LogP contribution in [0.25, 0.3) is 0 Å². The summed E-state index contributed by atoms with van der Waals surface area (Å²) in [5.74, 6) is -1.14. The van der Waals surface area contributed by atoms with Crippen molar-refractivity contribution in [2.75, 3.05) is 20.8 Å². The summed E-state index contributed by atoms with van der Waals surface area (Å²) in [6, 6.07) is 0. The largest absolute Gasteiger partial charge is 0.466 e. The molecule has 1 unspecified atom stereocenters. The zero-order valence-electron chi connectivity index (χ0n) is 10.2. The van der Waals surface area contributed by atoms with Crippen LogP contribution in [0, 0.1) is 11.3 Å². The van der Waals surface area contributed by atoms with E-state index in [-0.39, 0.29) is 17.3 Å². The average molecular weight is 228 g/mol. The van der Waals surface area contributed by atoms with Crippen LogP contribution in [0.2, 0.25) is 0 Å². The van der Waals surface area contributed by atoms with Gasteiger partial charge in [0, 0.05) is 19.6 Å². The van der Waals surface area contributed by atoms with E-state index in [9.17, 15) is 4.79 Å².